The summed E-state index contributed by atoms with van der Waals surface area (Å²) in [5, 5.41) is 21.9. The maximum atomic E-state index is 12.8. The SMILES string of the molecule is CC(C)n1nc(C(=O)NC2CNC(CCC(C)(C)O)C2)c2ccccc21. The van der Waals surface area contributed by atoms with Gasteiger partial charge in [-0.15, -0.1) is 0 Å². The number of nitrogens with zero attached hydrogens (tertiary/aromatic N) is 2. The fourth-order valence-corrected chi connectivity index (χ4v) is 3.58. The third-order valence-electron chi connectivity index (χ3n) is 4.98. The molecule has 3 N–H and O–H groups in total. The van der Waals surface area contributed by atoms with E-state index in [-0.39, 0.29) is 18.0 Å². The molecule has 6 heteroatoms. The van der Waals surface area contributed by atoms with Gasteiger partial charge in [0.1, 0.15) is 0 Å². The van der Waals surface area contributed by atoms with Crippen LogP contribution in [0.4, 0.5) is 0 Å². The van der Waals surface area contributed by atoms with Crippen molar-refractivity contribution < 1.29 is 9.90 Å². The van der Waals surface area contributed by atoms with Crippen molar-refractivity contribution in [3.8, 4) is 0 Å². The number of benzene rings is 1. The minimum Gasteiger partial charge on any atom is -0.390 e. The van der Waals surface area contributed by atoms with Crippen LogP contribution in [0, 0.1) is 0 Å². The van der Waals surface area contributed by atoms with E-state index in [4.69, 9.17) is 0 Å². The molecular weight excluding hydrogens is 328 g/mol. The van der Waals surface area contributed by atoms with Gasteiger partial charge in [0.05, 0.1) is 11.1 Å². The lowest BCUT2D eigenvalue weighted by Gasteiger charge is -2.19. The van der Waals surface area contributed by atoms with Crippen LogP contribution in [0.3, 0.4) is 0 Å². The van der Waals surface area contributed by atoms with Crippen LogP contribution < -0.4 is 10.6 Å². The summed E-state index contributed by atoms with van der Waals surface area (Å²) < 4.78 is 1.91. The van der Waals surface area contributed by atoms with Gasteiger partial charge in [-0.05, 0) is 53.0 Å². The Balaban J connectivity index is 1.67. The topological polar surface area (TPSA) is 79.2 Å². The Morgan fingerprint density at radius 3 is 2.85 bits per heavy atom. The number of carbonyl (C=O) groups is 1. The van der Waals surface area contributed by atoms with Crippen molar-refractivity contribution >= 4 is 16.8 Å². The van der Waals surface area contributed by atoms with Crippen LogP contribution in [0.5, 0.6) is 0 Å². The zero-order valence-electron chi connectivity index (χ0n) is 16.1. The average Bonchev–Trinajstić information content (AvgIpc) is 3.16. The molecule has 2 aromatic rings. The Morgan fingerprint density at radius 1 is 1.42 bits per heavy atom. The van der Waals surface area contributed by atoms with Crippen molar-refractivity contribution in [3.05, 3.63) is 30.0 Å². The lowest BCUT2D eigenvalue weighted by atomic mass is 9.98. The second-order valence-corrected chi connectivity index (χ2v) is 8.27. The summed E-state index contributed by atoms with van der Waals surface area (Å²) in [5.41, 5.74) is 0.834. The summed E-state index contributed by atoms with van der Waals surface area (Å²) in [6, 6.07) is 8.49. The molecule has 2 unspecified atom stereocenters. The minimum absolute atomic E-state index is 0.0947. The highest BCUT2D eigenvalue weighted by atomic mass is 16.3. The largest absolute Gasteiger partial charge is 0.390 e. The number of aromatic nitrogens is 2. The summed E-state index contributed by atoms with van der Waals surface area (Å²) in [5.74, 6) is -0.115. The molecule has 0 bridgehead atoms. The first-order chi connectivity index (χ1) is 12.2. The van der Waals surface area contributed by atoms with Crippen LogP contribution in [0.2, 0.25) is 0 Å². The van der Waals surface area contributed by atoms with Gasteiger partial charge in [-0.2, -0.15) is 5.10 Å². The molecule has 2 heterocycles. The summed E-state index contributed by atoms with van der Waals surface area (Å²) in [6.45, 7) is 8.55. The number of nitrogens with one attached hydrogen (secondary N) is 2. The van der Waals surface area contributed by atoms with Crippen LogP contribution in [0.25, 0.3) is 10.9 Å². The zero-order valence-corrected chi connectivity index (χ0v) is 16.1. The molecule has 6 nitrogen and oxygen atoms in total. The van der Waals surface area contributed by atoms with E-state index in [1.54, 1.807) is 0 Å². The van der Waals surface area contributed by atoms with Gasteiger partial charge in [-0.1, -0.05) is 18.2 Å². The fourth-order valence-electron chi connectivity index (χ4n) is 3.58. The molecule has 1 aliphatic rings. The number of carbonyl (C=O) groups excluding carboxylic acids is 1. The first kappa shape index (κ1) is 18.9. The lowest BCUT2D eigenvalue weighted by Crippen LogP contribution is -2.36. The normalized spacial score (nSPS) is 20.8. The summed E-state index contributed by atoms with van der Waals surface area (Å²) in [7, 11) is 0. The summed E-state index contributed by atoms with van der Waals surface area (Å²) >= 11 is 0. The van der Waals surface area contributed by atoms with Gasteiger partial charge < -0.3 is 15.7 Å². The van der Waals surface area contributed by atoms with Gasteiger partial charge in [0, 0.05) is 30.1 Å². The Kier molecular flexibility index (Phi) is 5.34. The fraction of sp³-hybridized carbons (Fsp3) is 0.600. The maximum absolute atomic E-state index is 12.8. The van der Waals surface area contributed by atoms with Crippen molar-refractivity contribution in [3.63, 3.8) is 0 Å². The van der Waals surface area contributed by atoms with E-state index in [0.29, 0.717) is 11.7 Å². The van der Waals surface area contributed by atoms with Crippen molar-refractivity contribution in [1.29, 1.82) is 0 Å². The number of fused-ring (bicyclic) bond motifs is 1. The standard InChI is InChI=1S/C20H30N4O2/c1-13(2)24-17-8-6-5-7-16(17)18(23-24)19(25)22-15-11-14(21-12-15)9-10-20(3,4)26/h5-8,13-15,21,26H,9-12H2,1-4H3,(H,22,25). The van der Waals surface area contributed by atoms with E-state index in [9.17, 15) is 9.90 Å². The van der Waals surface area contributed by atoms with Gasteiger partial charge in [-0.3, -0.25) is 9.48 Å². The predicted octanol–water partition coefficient (Wildman–Crippen LogP) is 2.63. The summed E-state index contributed by atoms with van der Waals surface area (Å²) in [6.07, 6.45) is 2.53. The molecule has 1 fully saturated rings. The molecule has 1 aromatic carbocycles. The Labute approximate surface area is 155 Å². The van der Waals surface area contributed by atoms with Gasteiger partial charge in [0.25, 0.3) is 5.91 Å². The second kappa shape index (κ2) is 7.37. The van der Waals surface area contributed by atoms with Crippen molar-refractivity contribution in [2.75, 3.05) is 6.54 Å². The van der Waals surface area contributed by atoms with E-state index < -0.39 is 5.60 Å². The molecule has 0 radical (unpaired) electrons. The van der Waals surface area contributed by atoms with Gasteiger partial charge in [0.2, 0.25) is 0 Å². The third kappa shape index (κ3) is 4.24. The van der Waals surface area contributed by atoms with E-state index in [1.165, 1.54) is 0 Å². The summed E-state index contributed by atoms with van der Waals surface area (Å²) in [4.78, 5) is 12.8. The molecular formula is C20H30N4O2. The molecule has 0 saturated carbocycles. The number of amides is 1. The Morgan fingerprint density at radius 2 is 2.15 bits per heavy atom. The molecule has 3 rings (SSSR count). The molecule has 1 aliphatic heterocycles. The highest BCUT2D eigenvalue weighted by Gasteiger charge is 2.28. The number of aliphatic hydroxyl groups is 1. The van der Waals surface area contributed by atoms with Gasteiger partial charge in [-0.25, -0.2) is 0 Å². The lowest BCUT2D eigenvalue weighted by molar-refractivity contribution is 0.0659. The molecule has 0 spiro atoms. The van der Waals surface area contributed by atoms with E-state index >= 15 is 0 Å². The average molecular weight is 358 g/mol. The predicted molar refractivity (Wildman–Crippen MR) is 103 cm³/mol. The quantitative estimate of drug-likeness (QED) is 0.742. The third-order valence-corrected chi connectivity index (χ3v) is 4.98. The van der Waals surface area contributed by atoms with Crippen LogP contribution in [0.1, 0.15) is 63.5 Å². The van der Waals surface area contributed by atoms with Crippen LogP contribution >= 0.6 is 0 Å². The van der Waals surface area contributed by atoms with Crippen LogP contribution in [-0.2, 0) is 0 Å². The zero-order chi connectivity index (χ0) is 18.9. The molecule has 0 aliphatic carbocycles. The number of hydrogen-bond donors (Lipinski definition) is 3. The Bertz CT molecular complexity index is 776. The van der Waals surface area contributed by atoms with Crippen molar-refractivity contribution in [2.45, 2.75) is 70.7 Å². The van der Waals surface area contributed by atoms with E-state index in [1.807, 2.05) is 42.8 Å². The van der Waals surface area contributed by atoms with Gasteiger partial charge >= 0.3 is 0 Å². The molecule has 1 aromatic heterocycles. The Hall–Kier alpha value is -1.92. The van der Waals surface area contributed by atoms with Crippen LogP contribution in [0.15, 0.2) is 24.3 Å². The molecule has 1 amide bonds. The van der Waals surface area contributed by atoms with Crippen LogP contribution in [-0.4, -0.2) is 45.0 Å². The number of rotatable bonds is 6. The number of para-hydroxylation sites is 1. The molecule has 2 atom stereocenters. The monoisotopic (exact) mass is 358 g/mol. The van der Waals surface area contributed by atoms with E-state index in [0.717, 1.165) is 36.7 Å². The molecule has 1 saturated heterocycles. The van der Waals surface area contributed by atoms with Gasteiger partial charge in [0.15, 0.2) is 5.69 Å². The first-order valence-corrected chi connectivity index (χ1v) is 9.48. The van der Waals surface area contributed by atoms with Crippen molar-refractivity contribution in [2.24, 2.45) is 0 Å². The highest BCUT2D eigenvalue weighted by molar-refractivity contribution is 6.05. The smallest absolute Gasteiger partial charge is 0.272 e. The minimum atomic E-state index is -0.647. The maximum Gasteiger partial charge on any atom is 0.272 e. The highest BCUT2D eigenvalue weighted by Crippen LogP contribution is 2.22. The first-order valence-electron chi connectivity index (χ1n) is 9.48. The second-order valence-electron chi connectivity index (χ2n) is 8.27. The molecule has 142 valence electrons. The molecule has 26 heavy (non-hydrogen) atoms. The van der Waals surface area contributed by atoms with Crippen molar-refractivity contribution in [1.82, 2.24) is 20.4 Å². The van der Waals surface area contributed by atoms with E-state index in [2.05, 4.69) is 29.6 Å². The number of hydrogen-bond acceptors (Lipinski definition) is 4.